The number of hydrogen-bond acceptors (Lipinski definition) is 3. The number of carboxylic acids is 1. The molecule has 1 heterocycles. The van der Waals surface area contributed by atoms with E-state index in [1.165, 1.54) is 0 Å². The zero-order valence-electron chi connectivity index (χ0n) is 12.2. The summed E-state index contributed by atoms with van der Waals surface area (Å²) in [6.07, 6.45) is 2.23. The second-order valence-electron chi connectivity index (χ2n) is 5.51. The van der Waals surface area contributed by atoms with Crippen molar-refractivity contribution in [3.05, 3.63) is 53.3 Å². The third-order valence-electron chi connectivity index (χ3n) is 3.80. The number of nitrogens with one attached hydrogen (secondary N) is 1. The third-order valence-corrected chi connectivity index (χ3v) is 3.80. The van der Waals surface area contributed by atoms with Gasteiger partial charge < -0.3 is 10.4 Å². The lowest BCUT2D eigenvalue weighted by atomic mass is 10.1. The van der Waals surface area contributed by atoms with E-state index in [0.717, 1.165) is 18.5 Å². The van der Waals surface area contributed by atoms with Crippen LogP contribution in [-0.4, -0.2) is 26.8 Å². The van der Waals surface area contributed by atoms with Crippen molar-refractivity contribution >= 4 is 11.9 Å². The van der Waals surface area contributed by atoms with Gasteiger partial charge in [-0.05, 0) is 24.5 Å². The van der Waals surface area contributed by atoms with Gasteiger partial charge in [0, 0.05) is 18.7 Å². The molecule has 0 saturated heterocycles. The largest absolute Gasteiger partial charge is 0.479 e. The van der Waals surface area contributed by atoms with Gasteiger partial charge in [-0.2, -0.15) is 5.10 Å². The van der Waals surface area contributed by atoms with Crippen LogP contribution < -0.4 is 5.32 Å². The van der Waals surface area contributed by atoms with Gasteiger partial charge in [0.1, 0.15) is 5.69 Å². The fraction of sp³-hybridized carbons (Fsp3) is 0.312. The minimum absolute atomic E-state index is 0.256. The zero-order valence-corrected chi connectivity index (χ0v) is 12.2. The van der Waals surface area contributed by atoms with E-state index in [1.807, 2.05) is 0 Å². The molecule has 3 rings (SSSR count). The summed E-state index contributed by atoms with van der Waals surface area (Å²) in [5.41, 5.74) is 1.81. The molecule has 1 aliphatic carbocycles. The maximum Gasteiger partial charge on any atom is 0.330 e. The average Bonchev–Trinajstić information content (AvgIpc) is 3.27. The quantitative estimate of drug-likeness (QED) is 0.882. The summed E-state index contributed by atoms with van der Waals surface area (Å²) in [6, 6.07) is 9.29. The number of aryl methyl sites for hydroxylation is 1. The van der Waals surface area contributed by atoms with E-state index < -0.39 is 17.9 Å². The van der Waals surface area contributed by atoms with Crippen molar-refractivity contribution in [3.8, 4) is 0 Å². The molecule has 6 heteroatoms. The Hall–Kier alpha value is -2.63. The summed E-state index contributed by atoms with van der Waals surface area (Å²) >= 11 is 0. The number of amides is 1. The van der Waals surface area contributed by atoms with Gasteiger partial charge in [0.2, 0.25) is 0 Å². The van der Waals surface area contributed by atoms with E-state index in [0.29, 0.717) is 11.5 Å². The molecule has 0 bridgehead atoms. The molecule has 0 spiro atoms. The van der Waals surface area contributed by atoms with Gasteiger partial charge in [-0.25, -0.2) is 4.79 Å². The van der Waals surface area contributed by atoms with E-state index in [4.69, 9.17) is 0 Å². The maximum atomic E-state index is 12.3. The van der Waals surface area contributed by atoms with Crippen molar-refractivity contribution in [3.63, 3.8) is 0 Å². The van der Waals surface area contributed by atoms with Crippen LogP contribution in [0.4, 0.5) is 0 Å². The standard InChI is InChI=1S/C16H17N3O3/c1-19-13(10-7-8-10)9-12(18-19)15(20)17-14(16(21)22)11-5-3-2-4-6-11/h2-6,9-10,14H,7-8H2,1H3,(H,17,20)(H,21,22)/t14-/m1/s1. The molecule has 114 valence electrons. The highest BCUT2D eigenvalue weighted by molar-refractivity contribution is 5.95. The smallest absolute Gasteiger partial charge is 0.330 e. The molecule has 2 aromatic rings. The fourth-order valence-corrected chi connectivity index (χ4v) is 2.49. The monoisotopic (exact) mass is 299 g/mol. The number of benzene rings is 1. The predicted octanol–water partition coefficient (Wildman–Crippen LogP) is 1.85. The topological polar surface area (TPSA) is 84.2 Å². The van der Waals surface area contributed by atoms with Crippen LogP contribution in [0.3, 0.4) is 0 Å². The Morgan fingerprint density at radius 1 is 1.32 bits per heavy atom. The van der Waals surface area contributed by atoms with Gasteiger partial charge >= 0.3 is 5.97 Å². The lowest BCUT2D eigenvalue weighted by Crippen LogP contribution is -2.34. The van der Waals surface area contributed by atoms with Crippen molar-refractivity contribution in [1.29, 1.82) is 0 Å². The summed E-state index contributed by atoms with van der Waals surface area (Å²) in [4.78, 5) is 23.7. The first-order valence-electron chi connectivity index (χ1n) is 7.19. The van der Waals surface area contributed by atoms with Crippen molar-refractivity contribution in [2.45, 2.75) is 24.8 Å². The highest BCUT2D eigenvalue weighted by Gasteiger charge is 2.29. The average molecular weight is 299 g/mol. The Labute approximate surface area is 127 Å². The van der Waals surface area contributed by atoms with Crippen LogP contribution in [0.15, 0.2) is 36.4 Å². The molecular formula is C16H17N3O3. The number of carbonyl (C=O) groups is 2. The Morgan fingerprint density at radius 3 is 2.59 bits per heavy atom. The van der Waals surface area contributed by atoms with Crippen molar-refractivity contribution < 1.29 is 14.7 Å². The fourth-order valence-electron chi connectivity index (χ4n) is 2.49. The molecule has 22 heavy (non-hydrogen) atoms. The molecule has 0 radical (unpaired) electrons. The molecular weight excluding hydrogens is 282 g/mol. The van der Waals surface area contributed by atoms with Gasteiger partial charge in [0.25, 0.3) is 5.91 Å². The first-order valence-corrected chi connectivity index (χ1v) is 7.19. The first-order chi connectivity index (χ1) is 10.6. The van der Waals surface area contributed by atoms with E-state index in [1.54, 1.807) is 48.1 Å². The van der Waals surface area contributed by atoms with Crippen LogP contribution in [0.1, 0.15) is 46.5 Å². The van der Waals surface area contributed by atoms with Crippen LogP contribution in [0, 0.1) is 0 Å². The third kappa shape index (κ3) is 2.86. The summed E-state index contributed by atoms with van der Waals surface area (Å²) < 4.78 is 1.70. The molecule has 1 saturated carbocycles. The minimum atomic E-state index is -1.10. The summed E-state index contributed by atoms with van der Waals surface area (Å²) in [5, 5.41) is 16.1. The van der Waals surface area contributed by atoms with Crippen molar-refractivity contribution in [1.82, 2.24) is 15.1 Å². The van der Waals surface area contributed by atoms with Crippen LogP contribution in [0.25, 0.3) is 0 Å². The summed E-state index contributed by atoms with van der Waals surface area (Å²) in [6.45, 7) is 0. The molecule has 6 nitrogen and oxygen atoms in total. The second kappa shape index (κ2) is 5.63. The highest BCUT2D eigenvalue weighted by atomic mass is 16.4. The van der Waals surface area contributed by atoms with E-state index >= 15 is 0 Å². The highest BCUT2D eigenvalue weighted by Crippen LogP contribution is 2.39. The summed E-state index contributed by atoms with van der Waals surface area (Å²) in [7, 11) is 1.80. The van der Waals surface area contributed by atoms with Crippen molar-refractivity contribution in [2.24, 2.45) is 7.05 Å². The molecule has 1 aromatic carbocycles. The molecule has 0 aliphatic heterocycles. The Balaban J connectivity index is 1.79. The van der Waals surface area contributed by atoms with Crippen molar-refractivity contribution in [2.75, 3.05) is 0 Å². The second-order valence-corrected chi connectivity index (χ2v) is 5.51. The van der Waals surface area contributed by atoms with E-state index in [-0.39, 0.29) is 5.69 Å². The lowest BCUT2D eigenvalue weighted by molar-refractivity contribution is -0.139. The van der Waals surface area contributed by atoms with Gasteiger partial charge in [-0.1, -0.05) is 30.3 Å². The molecule has 0 unspecified atom stereocenters. The Kier molecular flexibility index (Phi) is 3.66. The number of aromatic nitrogens is 2. The number of hydrogen-bond donors (Lipinski definition) is 2. The maximum absolute atomic E-state index is 12.3. The predicted molar refractivity (Wildman–Crippen MR) is 79.5 cm³/mol. The van der Waals surface area contributed by atoms with Crippen LogP contribution >= 0.6 is 0 Å². The van der Waals surface area contributed by atoms with Crippen LogP contribution in [0.2, 0.25) is 0 Å². The molecule has 1 amide bonds. The minimum Gasteiger partial charge on any atom is -0.479 e. The number of aliphatic carboxylic acids is 1. The Morgan fingerprint density at radius 2 is 2.00 bits per heavy atom. The van der Waals surface area contributed by atoms with Gasteiger partial charge in [-0.3, -0.25) is 9.48 Å². The normalized spacial score (nSPS) is 15.3. The lowest BCUT2D eigenvalue weighted by Gasteiger charge is -2.13. The first kappa shape index (κ1) is 14.3. The number of rotatable bonds is 5. The molecule has 1 fully saturated rings. The van der Waals surface area contributed by atoms with Crippen LogP contribution in [0.5, 0.6) is 0 Å². The summed E-state index contributed by atoms with van der Waals surface area (Å²) in [5.74, 6) is -1.10. The molecule has 1 atom stereocenters. The van der Waals surface area contributed by atoms with Gasteiger partial charge in [0.05, 0.1) is 0 Å². The number of carboxylic acid groups (broad SMARTS) is 1. The van der Waals surface area contributed by atoms with Crippen LogP contribution in [-0.2, 0) is 11.8 Å². The zero-order chi connectivity index (χ0) is 15.7. The SMILES string of the molecule is Cn1nc(C(=O)N[C@@H](C(=O)O)c2ccccc2)cc1C1CC1. The molecule has 1 aromatic heterocycles. The van der Waals surface area contributed by atoms with Gasteiger partial charge in [-0.15, -0.1) is 0 Å². The van der Waals surface area contributed by atoms with E-state index in [2.05, 4.69) is 10.4 Å². The number of nitrogens with zero attached hydrogens (tertiary/aromatic N) is 2. The number of carbonyl (C=O) groups excluding carboxylic acids is 1. The molecule has 1 aliphatic rings. The molecule has 2 N–H and O–H groups in total. The van der Waals surface area contributed by atoms with Gasteiger partial charge in [0.15, 0.2) is 6.04 Å². The Bertz CT molecular complexity index is 705. The van der Waals surface area contributed by atoms with E-state index in [9.17, 15) is 14.7 Å².